The van der Waals surface area contributed by atoms with Crippen molar-refractivity contribution in [2.24, 2.45) is 0 Å². The van der Waals surface area contributed by atoms with Crippen LogP contribution in [0.25, 0.3) is 17.4 Å². The number of nitrogens with zero attached hydrogens (tertiary/aromatic N) is 1. The van der Waals surface area contributed by atoms with Gasteiger partial charge >= 0.3 is 0 Å². The van der Waals surface area contributed by atoms with Gasteiger partial charge in [0.2, 0.25) is 0 Å². The molecule has 1 aromatic heterocycles. The van der Waals surface area contributed by atoms with Crippen LogP contribution < -0.4 is 0 Å². The van der Waals surface area contributed by atoms with Gasteiger partial charge in [-0.15, -0.1) is 0 Å². The standard InChI is InChI=1S/C14H9Cl2NO3S/c1-21(18,19)11(8-17)7-10-3-5-14(20-10)9-2-4-12(15)13(16)6-9/h2-7H,1H3. The number of furan rings is 1. The van der Waals surface area contributed by atoms with Crippen LogP contribution in [0.2, 0.25) is 10.0 Å². The normalized spacial score (nSPS) is 12.2. The van der Waals surface area contributed by atoms with Crippen LogP contribution in [0.1, 0.15) is 5.76 Å². The average molecular weight is 342 g/mol. The SMILES string of the molecule is CS(=O)(=O)C(C#N)=Cc1ccc(-c2ccc(Cl)c(Cl)c2)o1. The molecule has 1 heterocycles. The number of hydrogen-bond donors (Lipinski definition) is 0. The van der Waals surface area contributed by atoms with Gasteiger partial charge in [0, 0.05) is 17.9 Å². The largest absolute Gasteiger partial charge is 0.457 e. The molecular weight excluding hydrogens is 333 g/mol. The van der Waals surface area contributed by atoms with Crippen molar-refractivity contribution in [3.05, 3.63) is 51.0 Å². The van der Waals surface area contributed by atoms with Crippen molar-refractivity contribution < 1.29 is 12.8 Å². The lowest BCUT2D eigenvalue weighted by molar-refractivity contribution is 0.571. The molecule has 0 radical (unpaired) electrons. The summed E-state index contributed by atoms with van der Waals surface area (Å²) in [5.41, 5.74) is 0.696. The minimum Gasteiger partial charge on any atom is -0.457 e. The molecule has 108 valence electrons. The van der Waals surface area contributed by atoms with Gasteiger partial charge in [-0.25, -0.2) is 8.42 Å². The minimum atomic E-state index is -3.58. The monoisotopic (exact) mass is 341 g/mol. The maximum atomic E-state index is 11.4. The Labute approximate surface area is 132 Å². The summed E-state index contributed by atoms with van der Waals surface area (Å²) in [6, 6.07) is 9.85. The molecule has 0 fully saturated rings. The molecule has 2 aromatic rings. The zero-order chi connectivity index (χ0) is 15.6. The third kappa shape index (κ3) is 3.67. The molecule has 7 heteroatoms. The Morgan fingerprint density at radius 1 is 1.24 bits per heavy atom. The van der Waals surface area contributed by atoms with E-state index < -0.39 is 9.84 Å². The maximum Gasteiger partial charge on any atom is 0.185 e. The summed E-state index contributed by atoms with van der Waals surface area (Å²) in [6.07, 6.45) is 2.14. The van der Waals surface area contributed by atoms with Crippen molar-refractivity contribution in [2.45, 2.75) is 0 Å². The number of allylic oxidation sites excluding steroid dienone is 1. The van der Waals surface area contributed by atoms with Gasteiger partial charge in [-0.1, -0.05) is 23.2 Å². The molecule has 0 spiro atoms. The molecule has 0 bridgehead atoms. The predicted molar refractivity (Wildman–Crippen MR) is 82.6 cm³/mol. The van der Waals surface area contributed by atoms with Gasteiger partial charge in [0.15, 0.2) is 9.84 Å². The number of sulfone groups is 1. The number of rotatable bonds is 3. The van der Waals surface area contributed by atoms with Crippen LogP contribution in [0.15, 0.2) is 39.7 Å². The lowest BCUT2D eigenvalue weighted by atomic mass is 10.2. The van der Waals surface area contributed by atoms with E-state index >= 15 is 0 Å². The van der Waals surface area contributed by atoms with Gasteiger partial charge in [-0.3, -0.25) is 0 Å². The van der Waals surface area contributed by atoms with Crippen molar-refractivity contribution >= 4 is 39.1 Å². The van der Waals surface area contributed by atoms with E-state index in [0.29, 0.717) is 21.4 Å². The van der Waals surface area contributed by atoms with E-state index in [1.54, 1.807) is 36.4 Å². The smallest absolute Gasteiger partial charge is 0.185 e. The lowest BCUT2D eigenvalue weighted by Gasteiger charge is -1.99. The third-order valence-corrected chi connectivity index (χ3v) is 4.36. The summed E-state index contributed by atoms with van der Waals surface area (Å²) in [7, 11) is -3.58. The van der Waals surface area contributed by atoms with Crippen LogP contribution in [0, 0.1) is 11.3 Å². The number of hydrogen-bond acceptors (Lipinski definition) is 4. The molecule has 0 aliphatic heterocycles. The Hall–Kier alpha value is -1.74. The van der Waals surface area contributed by atoms with E-state index in [2.05, 4.69) is 0 Å². The second-order valence-corrected chi connectivity index (χ2v) is 7.02. The molecule has 0 aliphatic carbocycles. The quantitative estimate of drug-likeness (QED) is 0.785. The van der Waals surface area contributed by atoms with Gasteiger partial charge in [-0.2, -0.15) is 5.26 Å². The summed E-state index contributed by atoms with van der Waals surface area (Å²) in [4.78, 5) is -0.363. The van der Waals surface area contributed by atoms with Crippen molar-refractivity contribution in [3.63, 3.8) is 0 Å². The number of halogens is 2. The van der Waals surface area contributed by atoms with Crippen LogP contribution >= 0.6 is 23.2 Å². The van der Waals surface area contributed by atoms with Crippen LogP contribution in [-0.4, -0.2) is 14.7 Å². The Kier molecular flexibility index (Phi) is 4.43. The fourth-order valence-electron chi connectivity index (χ4n) is 1.59. The molecule has 0 unspecified atom stereocenters. The molecule has 0 amide bonds. The molecular formula is C14H9Cl2NO3S. The highest BCUT2D eigenvalue weighted by Crippen LogP contribution is 2.30. The second kappa shape index (κ2) is 5.94. The third-order valence-electron chi connectivity index (χ3n) is 2.61. The van der Waals surface area contributed by atoms with E-state index in [1.807, 2.05) is 0 Å². The molecule has 1 aromatic carbocycles. The molecule has 4 nitrogen and oxygen atoms in total. The van der Waals surface area contributed by atoms with E-state index in [4.69, 9.17) is 32.9 Å². The van der Waals surface area contributed by atoms with E-state index in [0.717, 1.165) is 6.26 Å². The lowest BCUT2D eigenvalue weighted by Crippen LogP contribution is -1.97. The Morgan fingerprint density at radius 2 is 1.95 bits per heavy atom. The molecule has 21 heavy (non-hydrogen) atoms. The first kappa shape index (κ1) is 15.6. The highest BCUT2D eigenvalue weighted by Gasteiger charge is 2.12. The summed E-state index contributed by atoms with van der Waals surface area (Å²) in [5, 5.41) is 9.65. The molecule has 0 atom stereocenters. The van der Waals surface area contributed by atoms with E-state index in [-0.39, 0.29) is 10.7 Å². The van der Waals surface area contributed by atoms with Crippen LogP contribution in [0.5, 0.6) is 0 Å². The molecule has 0 saturated carbocycles. The van der Waals surface area contributed by atoms with E-state index in [1.165, 1.54) is 6.08 Å². The zero-order valence-corrected chi connectivity index (χ0v) is 13.1. The Balaban J connectivity index is 2.41. The number of nitriles is 1. The van der Waals surface area contributed by atoms with Gasteiger partial charge in [-0.05, 0) is 30.3 Å². The molecule has 0 saturated heterocycles. The maximum absolute atomic E-state index is 11.4. The summed E-state index contributed by atoms with van der Waals surface area (Å²) in [5.74, 6) is 0.753. The first-order valence-corrected chi connectivity index (χ1v) is 8.33. The first-order chi connectivity index (χ1) is 9.81. The Morgan fingerprint density at radius 3 is 2.52 bits per heavy atom. The zero-order valence-electron chi connectivity index (χ0n) is 10.8. The highest BCUT2D eigenvalue weighted by atomic mass is 35.5. The molecule has 0 aliphatic rings. The highest BCUT2D eigenvalue weighted by molar-refractivity contribution is 7.95. The summed E-state index contributed by atoms with van der Waals surface area (Å²) < 4.78 is 28.2. The minimum absolute atomic E-state index is 0.262. The second-order valence-electron chi connectivity index (χ2n) is 4.22. The van der Waals surface area contributed by atoms with Gasteiger partial charge in [0.1, 0.15) is 22.5 Å². The van der Waals surface area contributed by atoms with E-state index in [9.17, 15) is 8.42 Å². The predicted octanol–water partition coefficient (Wildman–Crippen LogP) is 4.16. The Bertz CT molecular complexity index is 861. The van der Waals surface area contributed by atoms with Gasteiger partial charge in [0.05, 0.1) is 10.0 Å². The van der Waals surface area contributed by atoms with Gasteiger partial charge < -0.3 is 4.42 Å². The average Bonchev–Trinajstić information content (AvgIpc) is 2.86. The number of benzene rings is 1. The van der Waals surface area contributed by atoms with Crippen LogP contribution in [0.3, 0.4) is 0 Å². The summed E-state index contributed by atoms with van der Waals surface area (Å²) >= 11 is 11.8. The fourth-order valence-corrected chi connectivity index (χ4v) is 2.38. The van der Waals surface area contributed by atoms with Crippen molar-refractivity contribution in [1.29, 1.82) is 5.26 Å². The van der Waals surface area contributed by atoms with Crippen molar-refractivity contribution in [2.75, 3.05) is 6.26 Å². The molecule has 0 N–H and O–H groups in total. The summed E-state index contributed by atoms with van der Waals surface area (Å²) in [6.45, 7) is 0. The van der Waals surface area contributed by atoms with Crippen molar-refractivity contribution in [1.82, 2.24) is 0 Å². The van der Waals surface area contributed by atoms with Crippen LogP contribution in [-0.2, 0) is 9.84 Å². The van der Waals surface area contributed by atoms with Crippen molar-refractivity contribution in [3.8, 4) is 17.4 Å². The van der Waals surface area contributed by atoms with Gasteiger partial charge in [0.25, 0.3) is 0 Å². The van der Waals surface area contributed by atoms with Crippen LogP contribution in [0.4, 0.5) is 0 Å². The first-order valence-electron chi connectivity index (χ1n) is 5.68. The fraction of sp³-hybridized carbons (Fsp3) is 0.0714. The molecule has 2 rings (SSSR count). The topological polar surface area (TPSA) is 71.1 Å².